The Bertz CT molecular complexity index is 1190. The number of benzene rings is 1. The van der Waals surface area contributed by atoms with E-state index < -0.39 is 41.9 Å². The Hall–Kier alpha value is -3.04. The van der Waals surface area contributed by atoms with Crippen molar-refractivity contribution in [1.82, 2.24) is 19.8 Å². The second-order valence-electron chi connectivity index (χ2n) is 10.9. The number of nitrogens with one attached hydrogen (secondary N) is 1. The van der Waals surface area contributed by atoms with Crippen LogP contribution in [0.1, 0.15) is 25.1 Å². The summed E-state index contributed by atoms with van der Waals surface area (Å²) in [7, 11) is 0. The van der Waals surface area contributed by atoms with Crippen LogP contribution < -0.4 is 10.1 Å². The highest BCUT2D eigenvalue weighted by Crippen LogP contribution is 2.37. The largest absolute Gasteiger partial charge is 0.482 e. The van der Waals surface area contributed by atoms with Crippen LogP contribution in [0.25, 0.3) is 0 Å². The molecular formula is C27H34F3N5O6. The lowest BCUT2D eigenvalue weighted by molar-refractivity contribution is -0.156. The van der Waals surface area contributed by atoms with Gasteiger partial charge in [-0.2, -0.15) is 13.2 Å². The molecule has 2 N–H and O–H groups in total. The fraction of sp³-hybridized carbons (Fsp3) is 0.593. The van der Waals surface area contributed by atoms with Crippen molar-refractivity contribution in [3.63, 3.8) is 0 Å². The van der Waals surface area contributed by atoms with Crippen molar-refractivity contribution in [2.24, 2.45) is 0 Å². The zero-order valence-electron chi connectivity index (χ0n) is 22.8. The Morgan fingerprint density at radius 3 is 2.46 bits per heavy atom. The number of piperazine rings is 1. The number of alkyl halides is 3. The molecule has 2 aromatic rings. The molecule has 11 nitrogen and oxygen atoms in total. The van der Waals surface area contributed by atoms with E-state index in [9.17, 15) is 18.0 Å². The predicted octanol–water partition coefficient (Wildman–Crippen LogP) is 2.48. The number of anilines is 1. The molecule has 0 radical (unpaired) electrons. The minimum Gasteiger partial charge on any atom is -0.482 e. The van der Waals surface area contributed by atoms with Crippen molar-refractivity contribution in [1.29, 1.82) is 0 Å². The van der Waals surface area contributed by atoms with Crippen LogP contribution in [0.4, 0.5) is 19.0 Å². The highest BCUT2D eigenvalue weighted by atomic mass is 19.4. The summed E-state index contributed by atoms with van der Waals surface area (Å²) in [4.78, 5) is 22.7. The molecule has 0 spiro atoms. The summed E-state index contributed by atoms with van der Waals surface area (Å²) in [5.74, 6) is -1.36. The van der Waals surface area contributed by atoms with Crippen LogP contribution in [0.5, 0.6) is 5.75 Å². The fourth-order valence-electron chi connectivity index (χ4n) is 5.35. The molecule has 3 aliphatic heterocycles. The van der Waals surface area contributed by atoms with Gasteiger partial charge in [-0.3, -0.25) is 14.8 Å². The van der Waals surface area contributed by atoms with E-state index in [0.717, 1.165) is 38.3 Å². The van der Waals surface area contributed by atoms with Crippen LogP contribution in [0.3, 0.4) is 0 Å². The molecule has 224 valence electrons. The maximum absolute atomic E-state index is 13.1. The summed E-state index contributed by atoms with van der Waals surface area (Å²) in [6, 6.07) is 6.97. The maximum atomic E-state index is 13.1. The normalized spacial score (nSPS) is 26.9. The number of carboxylic acid groups (broad SMARTS) is 1. The molecule has 5 rings (SSSR count). The highest BCUT2D eigenvalue weighted by molar-refractivity contribution is 5.68. The number of nitrogens with zero attached hydrogens (tertiary/aromatic N) is 4. The number of ether oxygens (including phenoxy) is 4. The lowest BCUT2D eigenvalue weighted by atomic mass is 9.97. The molecule has 4 atom stereocenters. The van der Waals surface area contributed by atoms with E-state index in [-0.39, 0.29) is 25.1 Å². The highest BCUT2D eigenvalue weighted by Gasteiger charge is 2.52. The SMILES string of the molecule is CC1(C)O[C@@H]2[C@H](O1)[C@@H](Nc1cncc(C(F)(F)F)n1)CO[C@@H]2CN1CCN(Cc2ccc(OCC(=O)O)cc2)CC1. The molecular weight excluding hydrogens is 547 g/mol. The first kappa shape index (κ1) is 29.5. The van der Waals surface area contributed by atoms with Crippen molar-refractivity contribution in [2.75, 3.05) is 51.3 Å². The average Bonchev–Trinajstić information content (AvgIpc) is 3.26. The molecule has 0 bridgehead atoms. The van der Waals surface area contributed by atoms with Crippen molar-refractivity contribution < 1.29 is 42.0 Å². The summed E-state index contributed by atoms with van der Waals surface area (Å²) < 4.78 is 63.1. The van der Waals surface area contributed by atoms with Crippen molar-refractivity contribution in [2.45, 2.75) is 56.7 Å². The zero-order valence-corrected chi connectivity index (χ0v) is 22.8. The number of hydrogen-bond acceptors (Lipinski definition) is 10. The second-order valence-corrected chi connectivity index (χ2v) is 10.9. The minimum absolute atomic E-state index is 0.00233. The molecule has 0 aliphatic carbocycles. The van der Waals surface area contributed by atoms with E-state index in [1.165, 1.54) is 6.20 Å². The number of carbonyl (C=O) groups is 1. The van der Waals surface area contributed by atoms with E-state index in [1.807, 2.05) is 26.0 Å². The minimum atomic E-state index is -4.59. The van der Waals surface area contributed by atoms with Crippen molar-refractivity contribution in [3.05, 3.63) is 47.9 Å². The smallest absolute Gasteiger partial charge is 0.434 e. The first-order valence-electron chi connectivity index (χ1n) is 13.5. The third kappa shape index (κ3) is 7.63. The van der Waals surface area contributed by atoms with Gasteiger partial charge in [0.05, 0.1) is 31.1 Å². The second kappa shape index (κ2) is 12.1. The third-order valence-corrected chi connectivity index (χ3v) is 7.27. The number of aliphatic carboxylic acids is 1. The monoisotopic (exact) mass is 581 g/mol. The van der Waals surface area contributed by atoms with Crippen LogP contribution in [0.2, 0.25) is 0 Å². The van der Waals surface area contributed by atoms with E-state index in [4.69, 9.17) is 24.1 Å². The Balaban J connectivity index is 1.13. The maximum Gasteiger partial charge on any atom is 0.434 e. The van der Waals surface area contributed by atoms with Gasteiger partial charge in [-0.1, -0.05) is 12.1 Å². The van der Waals surface area contributed by atoms with Crippen LogP contribution in [-0.2, 0) is 31.7 Å². The van der Waals surface area contributed by atoms with Gasteiger partial charge in [0, 0.05) is 39.3 Å². The van der Waals surface area contributed by atoms with E-state index in [1.54, 1.807) is 12.1 Å². The number of aromatic nitrogens is 2. The van der Waals surface area contributed by atoms with E-state index >= 15 is 0 Å². The van der Waals surface area contributed by atoms with Crippen LogP contribution in [0.15, 0.2) is 36.7 Å². The van der Waals surface area contributed by atoms with Crippen LogP contribution >= 0.6 is 0 Å². The number of carboxylic acids is 1. The molecule has 41 heavy (non-hydrogen) atoms. The molecule has 1 aromatic heterocycles. The molecule has 3 saturated heterocycles. The molecule has 0 saturated carbocycles. The first-order valence-corrected chi connectivity index (χ1v) is 13.5. The number of fused-ring (bicyclic) bond motifs is 1. The van der Waals surface area contributed by atoms with Gasteiger partial charge in [-0.15, -0.1) is 0 Å². The summed E-state index contributed by atoms with van der Waals surface area (Å²) >= 11 is 0. The van der Waals surface area contributed by atoms with Crippen LogP contribution in [0, 0.1) is 0 Å². The summed E-state index contributed by atoms with van der Waals surface area (Å²) in [6.45, 7) is 8.28. The van der Waals surface area contributed by atoms with Gasteiger partial charge in [-0.05, 0) is 31.5 Å². The van der Waals surface area contributed by atoms with Gasteiger partial charge in [-0.25, -0.2) is 9.78 Å². The summed E-state index contributed by atoms with van der Waals surface area (Å²) in [6.07, 6.45) is -3.77. The topological polar surface area (TPSA) is 119 Å². The summed E-state index contributed by atoms with van der Waals surface area (Å²) in [5, 5.41) is 11.8. The van der Waals surface area contributed by atoms with Gasteiger partial charge in [0.25, 0.3) is 0 Å². The quantitative estimate of drug-likeness (QED) is 0.455. The molecule has 3 fully saturated rings. The third-order valence-electron chi connectivity index (χ3n) is 7.27. The van der Waals surface area contributed by atoms with Gasteiger partial charge in [0.1, 0.15) is 23.8 Å². The Morgan fingerprint density at radius 2 is 1.78 bits per heavy atom. The van der Waals surface area contributed by atoms with E-state index in [2.05, 4.69) is 25.1 Å². The predicted molar refractivity (Wildman–Crippen MR) is 139 cm³/mol. The molecule has 1 aromatic carbocycles. The van der Waals surface area contributed by atoms with Gasteiger partial charge in [0.15, 0.2) is 18.1 Å². The first-order chi connectivity index (χ1) is 19.4. The molecule has 3 aliphatic rings. The Morgan fingerprint density at radius 1 is 1.10 bits per heavy atom. The lowest BCUT2D eigenvalue weighted by Crippen LogP contribution is -2.58. The Kier molecular flexibility index (Phi) is 8.66. The van der Waals surface area contributed by atoms with Crippen LogP contribution in [-0.4, -0.2) is 107 Å². The molecule has 0 unspecified atom stereocenters. The standard InChI is InChI=1S/C27H34F3N5O6/c1-26(2)40-24-19(32-22-12-31-11-21(33-22)27(28,29)30)15-39-20(25(24)41-26)14-35-9-7-34(8-10-35)13-17-3-5-18(6-4-17)38-16-23(36)37/h3-6,11-12,19-20,24-25H,7-10,13-16H2,1-2H3,(H,32,33)(H,36,37)/t19-,20+,24+,25-/m0/s1. The number of hydrogen-bond donors (Lipinski definition) is 2. The lowest BCUT2D eigenvalue weighted by Gasteiger charge is -2.41. The van der Waals surface area contributed by atoms with Crippen molar-refractivity contribution in [3.8, 4) is 5.75 Å². The average molecular weight is 582 g/mol. The Labute approximate surface area is 235 Å². The molecule has 14 heteroatoms. The molecule has 0 amide bonds. The van der Waals surface area contributed by atoms with Gasteiger partial charge in [0.2, 0.25) is 0 Å². The van der Waals surface area contributed by atoms with E-state index in [0.29, 0.717) is 18.5 Å². The molecule has 4 heterocycles. The number of halogens is 3. The van der Waals surface area contributed by atoms with Gasteiger partial charge < -0.3 is 29.4 Å². The van der Waals surface area contributed by atoms with Crippen molar-refractivity contribution >= 4 is 11.8 Å². The van der Waals surface area contributed by atoms with Gasteiger partial charge >= 0.3 is 12.1 Å². The fourth-order valence-corrected chi connectivity index (χ4v) is 5.35. The number of rotatable bonds is 9. The zero-order chi connectivity index (χ0) is 29.2. The summed E-state index contributed by atoms with van der Waals surface area (Å²) in [5.41, 5.74) is 0.0424.